The molecule has 1 fully saturated rings. The smallest absolute Gasteiger partial charge is 0.335 e. The SMILES string of the molecule is CC(=O)NCc1cccc(C2CCCN2Cc2cccc(C(=O)O)c2)n1. The second kappa shape index (κ2) is 8.10. The van der Waals surface area contributed by atoms with Crippen molar-refractivity contribution < 1.29 is 14.7 Å². The first-order chi connectivity index (χ1) is 12.5. The van der Waals surface area contributed by atoms with Gasteiger partial charge in [-0.2, -0.15) is 0 Å². The van der Waals surface area contributed by atoms with E-state index in [2.05, 4.69) is 10.2 Å². The lowest BCUT2D eigenvalue weighted by Gasteiger charge is -2.24. The van der Waals surface area contributed by atoms with Gasteiger partial charge in [0.2, 0.25) is 5.91 Å². The minimum Gasteiger partial charge on any atom is -0.478 e. The Bertz CT molecular complexity index is 806. The van der Waals surface area contributed by atoms with Crippen LogP contribution in [0.3, 0.4) is 0 Å². The lowest BCUT2D eigenvalue weighted by Crippen LogP contribution is -2.24. The summed E-state index contributed by atoms with van der Waals surface area (Å²) in [7, 11) is 0. The van der Waals surface area contributed by atoms with Gasteiger partial charge in [0, 0.05) is 13.5 Å². The summed E-state index contributed by atoms with van der Waals surface area (Å²) in [5, 5.41) is 11.9. The number of hydrogen-bond acceptors (Lipinski definition) is 4. The lowest BCUT2D eigenvalue weighted by atomic mass is 10.1. The number of carboxylic acid groups (broad SMARTS) is 1. The first kappa shape index (κ1) is 18.1. The van der Waals surface area contributed by atoms with Crippen molar-refractivity contribution in [3.63, 3.8) is 0 Å². The third kappa shape index (κ3) is 4.46. The van der Waals surface area contributed by atoms with Crippen LogP contribution in [-0.4, -0.2) is 33.4 Å². The van der Waals surface area contributed by atoms with Crippen molar-refractivity contribution in [2.75, 3.05) is 6.54 Å². The average Bonchev–Trinajstić information content (AvgIpc) is 3.08. The normalized spacial score (nSPS) is 17.2. The largest absolute Gasteiger partial charge is 0.478 e. The van der Waals surface area contributed by atoms with Gasteiger partial charge in [0.1, 0.15) is 0 Å². The zero-order valence-corrected chi connectivity index (χ0v) is 14.8. The van der Waals surface area contributed by atoms with E-state index in [9.17, 15) is 9.59 Å². The van der Waals surface area contributed by atoms with Crippen LogP contribution in [0.5, 0.6) is 0 Å². The minimum absolute atomic E-state index is 0.0713. The highest BCUT2D eigenvalue weighted by Gasteiger charge is 2.27. The standard InChI is InChI=1S/C20H23N3O3/c1-14(24)21-12-17-7-3-8-18(22-17)19-9-4-10-23(19)13-15-5-2-6-16(11-15)20(25)26/h2-3,5-8,11,19H,4,9-10,12-13H2,1H3,(H,21,24)(H,25,26). The number of hydrogen-bond donors (Lipinski definition) is 2. The number of aromatic carboxylic acids is 1. The Morgan fingerprint density at radius 1 is 1.27 bits per heavy atom. The summed E-state index contributed by atoms with van der Waals surface area (Å²) in [6.45, 7) is 3.58. The average molecular weight is 353 g/mol. The molecule has 26 heavy (non-hydrogen) atoms. The van der Waals surface area contributed by atoms with Gasteiger partial charge in [-0.1, -0.05) is 18.2 Å². The van der Waals surface area contributed by atoms with E-state index in [1.54, 1.807) is 18.2 Å². The molecule has 2 heterocycles. The molecule has 0 aliphatic carbocycles. The Morgan fingerprint density at radius 3 is 2.85 bits per heavy atom. The van der Waals surface area contributed by atoms with Crippen LogP contribution in [0, 0.1) is 0 Å². The first-order valence-corrected chi connectivity index (χ1v) is 8.79. The molecule has 1 saturated heterocycles. The monoisotopic (exact) mass is 353 g/mol. The van der Waals surface area contributed by atoms with Gasteiger partial charge in [-0.3, -0.25) is 14.7 Å². The van der Waals surface area contributed by atoms with E-state index < -0.39 is 5.97 Å². The first-order valence-electron chi connectivity index (χ1n) is 8.79. The Balaban J connectivity index is 1.74. The Hall–Kier alpha value is -2.73. The maximum atomic E-state index is 11.2. The number of rotatable bonds is 6. The fourth-order valence-electron chi connectivity index (χ4n) is 3.38. The van der Waals surface area contributed by atoms with Crippen molar-refractivity contribution in [3.05, 3.63) is 65.0 Å². The number of carbonyl (C=O) groups excluding carboxylic acids is 1. The molecule has 1 aliphatic rings. The topological polar surface area (TPSA) is 82.5 Å². The molecule has 1 aliphatic heterocycles. The van der Waals surface area contributed by atoms with Crippen LogP contribution in [0.4, 0.5) is 0 Å². The van der Waals surface area contributed by atoms with E-state index in [1.165, 1.54) is 6.92 Å². The molecular formula is C20H23N3O3. The summed E-state index contributed by atoms with van der Waals surface area (Å²) in [6.07, 6.45) is 2.11. The summed E-state index contributed by atoms with van der Waals surface area (Å²) in [5.41, 5.74) is 3.15. The van der Waals surface area contributed by atoms with E-state index in [0.717, 1.165) is 36.3 Å². The summed E-state index contributed by atoms with van der Waals surface area (Å²) >= 11 is 0. The lowest BCUT2D eigenvalue weighted by molar-refractivity contribution is -0.119. The highest BCUT2D eigenvalue weighted by atomic mass is 16.4. The molecule has 0 saturated carbocycles. The van der Waals surface area contributed by atoms with Crippen molar-refractivity contribution in [2.24, 2.45) is 0 Å². The van der Waals surface area contributed by atoms with Gasteiger partial charge in [0.05, 0.1) is 29.5 Å². The predicted octanol–water partition coefficient (Wildman–Crippen LogP) is 2.75. The second-order valence-corrected chi connectivity index (χ2v) is 6.60. The van der Waals surface area contributed by atoms with Crippen LogP contribution in [0.25, 0.3) is 0 Å². The number of pyridine rings is 1. The number of carbonyl (C=O) groups is 2. The molecule has 1 aromatic heterocycles. The van der Waals surface area contributed by atoms with Gasteiger partial charge >= 0.3 is 5.97 Å². The summed E-state index contributed by atoms with van der Waals surface area (Å²) in [5.74, 6) is -0.977. The van der Waals surface area contributed by atoms with Crippen molar-refractivity contribution in [2.45, 2.75) is 38.9 Å². The van der Waals surface area contributed by atoms with Crippen molar-refractivity contribution in [1.82, 2.24) is 15.2 Å². The van der Waals surface area contributed by atoms with E-state index in [-0.39, 0.29) is 11.9 Å². The molecule has 1 aromatic carbocycles. The highest BCUT2D eigenvalue weighted by Crippen LogP contribution is 2.32. The van der Waals surface area contributed by atoms with Crippen molar-refractivity contribution >= 4 is 11.9 Å². The molecule has 1 atom stereocenters. The number of benzene rings is 1. The van der Waals surface area contributed by atoms with Crippen LogP contribution < -0.4 is 5.32 Å². The Kier molecular flexibility index (Phi) is 5.63. The number of carboxylic acids is 1. The summed E-state index contributed by atoms with van der Waals surface area (Å²) in [4.78, 5) is 29.3. The molecule has 2 N–H and O–H groups in total. The molecule has 1 amide bonds. The predicted molar refractivity (Wildman–Crippen MR) is 97.5 cm³/mol. The van der Waals surface area contributed by atoms with Gasteiger partial charge in [0.25, 0.3) is 0 Å². The van der Waals surface area contributed by atoms with Gasteiger partial charge in [-0.25, -0.2) is 4.79 Å². The molecule has 0 radical (unpaired) electrons. The number of nitrogens with zero attached hydrogens (tertiary/aromatic N) is 2. The van der Waals surface area contributed by atoms with E-state index in [1.807, 2.05) is 24.3 Å². The van der Waals surface area contributed by atoms with Gasteiger partial charge in [-0.15, -0.1) is 0 Å². The fraction of sp³-hybridized carbons (Fsp3) is 0.350. The van der Waals surface area contributed by atoms with Crippen LogP contribution in [-0.2, 0) is 17.9 Å². The highest BCUT2D eigenvalue weighted by molar-refractivity contribution is 5.87. The van der Waals surface area contributed by atoms with E-state index >= 15 is 0 Å². The van der Waals surface area contributed by atoms with Crippen molar-refractivity contribution in [1.29, 1.82) is 0 Å². The Morgan fingerprint density at radius 2 is 2.08 bits per heavy atom. The third-order valence-corrected chi connectivity index (χ3v) is 4.61. The molecular weight excluding hydrogens is 330 g/mol. The zero-order valence-electron chi connectivity index (χ0n) is 14.8. The minimum atomic E-state index is -0.905. The molecule has 3 rings (SSSR count). The molecule has 6 nitrogen and oxygen atoms in total. The fourth-order valence-corrected chi connectivity index (χ4v) is 3.38. The molecule has 2 aromatic rings. The molecule has 6 heteroatoms. The van der Waals surface area contributed by atoms with Gasteiger partial charge in [0.15, 0.2) is 0 Å². The Labute approximate surface area is 152 Å². The zero-order chi connectivity index (χ0) is 18.5. The van der Waals surface area contributed by atoms with Crippen LogP contribution >= 0.6 is 0 Å². The molecule has 136 valence electrons. The quantitative estimate of drug-likeness (QED) is 0.834. The van der Waals surface area contributed by atoms with E-state index in [0.29, 0.717) is 18.7 Å². The summed E-state index contributed by atoms with van der Waals surface area (Å²) < 4.78 is 0. The summed E-state index contributed by atoms with van der Waals surface area (Å²) in [6, 6.07) is 13.2. The van der Waals surface area contributed by atoms with Crippen molar-refractivity contribution in [3.8, 4) is 0 Å². The number of nitrogens with one attached hydrogen (secondary N) is 1. The number of likely N-dealkylation sites (tertiary alicyclic amines) is 1. The molecule has 0 spiro atoms. The maximum absolute atomic E-state index is 11.2. The number of amides is 1. The van der Waals surface area contributed by atoms with E-state index in [4.69, 9.17) is 10.1 Å². The van der Waals surface area contributed by atoms with Gasteiger partial charge in [-0.05, 0) is 49.2 Å². The van der Waals surface area contributed by atoms with Crippen LogP contribution in [0.15, 0.2) is 42.5 Å². The second-order valence-electron chi connectivity index (χ2n) is 6.60. The molecule has 0 bridgehead atoms. The van der Waals surface area contributed by atoms with Gasteiger partial charge < -0.3 is 10.4 Å². The number of aromatic nitrogens is 1. The van der Waals surface area contributed by atoms with Crippen LogP contribution in [0.2, 0.25) is 0 Å². The third-order valence-electron chi connectivity index (χ3n) is 4.61. The van der Waals surface area contributed by atoms with Crippen LogP contribution in [0.1, 0.15) is 53.1 Å². The maximum Gasteiger partial charge on any atom is 0.335 e. The molecule has 1 unspecified atom stereocenters.